The van der Waals surface area contributed by atoms with E-state index in [1.165, 1.54) is 11.1 Å². The van der Waals surface area contributed by atoms with Crippen molar-refractivity contribution in [3.63, 3.8) is 0 Å². The van der Waals surface area contributed by atoms with Crippen LogP contribution in [0.2, 0.25) is 0 Å². The zero-order chi connectivity index (χ0) is 21.5. The Morgan fingerprint density at radius 3 is 2.43 bits per heavy atom. The van der Waals surface area contributed by atoms with E-state index in [0.717, 1.165) is 19.3 Å². The third kappa shape index (κ3) is 5.53. The number of nitrogens with one attached hydrogen (secondary N) is 1. The molecule has 0 saturated carbocycles. The Balaban J connectivity index is 1.47. The monoisotopic (exact) mass is 410 g/mol. The maximum atomic E-state index is 12.6. The average molecular weight is 411 g/mol. The second-order valence-electron chi connectivity index (χ2n) is 7.69. The normalized spacial score (nSPS) is 14.3. The van der Waals surface area contributed by atoms with Crippen molar-refractivity contribution in [2.45, 2.75) is 38.6 Å². The minimum Gasteiger partial charge on any atom is -0.493 e. The molecule has 2 aromatic rings. The number of aryl methyl sites for hydroxylation is 2. The number of likely N-dealkylation sites (tertiary alicyclic amines) is 1. The second kappa shape index (κ2) is 10.1. The number of ether oxygens (including phenoxy) is 2. The Labute approximate surface area is 178 Å². The van der Waals surface area contributed by atoms with Gasteiger partial charge in [0.05, 0.1) is 14.2 Å². The van der Waals surface area contributed by atoms with E-state index < -0.39 is 0 Å². The maximum absolute atomic E-state index is 12.6. The lowest BCUT2D eigenvalue weighted by atomic mass is 10.0. The smallest absolute Gasteiger partial charge is 0.251 e. The summed E-state index contributed by atoms with van der Waals surface area (Å²) in [6.45, 7) is 3.40. The summed E-state index contributed by atoms with van der Waals surface area (Å²) < 4.78 is 10.5. The number of hydrogen-bond donors (Lipinski definition) is 1. The summed E-state index contributed by atoms with van der Waals surface area (Å²) in [7, 11) is 3.11. The summed E-state index contributed by atoms with van der Waals surface area (Å²) in [6, 6.07) is 13.5. The van der Waals surface area contributed by atoms with Gasteiger partial charge in [-0.05, 0) is 49.9 Å². The molecule has 2 amide bonds. The van der Waals surface area contributed by atoms with Gasteiger partial charge < -0.3 is 19.7 Å². The lowest BCUT2D eigenvalue weighted by molar-refractivity contribution is -0.132. The van der Waals surface area contributed by atoms with Crippen molar-refractivity contribution in [3.05, 3.63) is 59.2 Å². The maximum Gasteiger partial charge on any atom is 0.251 e. The number of rotatable bonds is 7. The highest BCUT2D eigenvalue weighted by Gasteiger charge is 2.24. The molecule has 0 spiro atoms. The van der Waals surface area contributed by atoms with Gasteiger partial charge in [0, 0.05) is 31.1 Å². The van der Waals surface area contributed by atoms with Crippen molar-refractivity contribution in [1.29, 1.82) is 0 Å². The fourth-order valence-corrected chi connectivity index (χ4v) is 3.80. The number of nitrogens with zero attached hydrogens (tertiary/aromatic N) is 1. The summed E-state index contributed by atoms with van der Waals surface area (Å²) in [5, 5.41) is 3.07. The molecule has 3 rings (SSSR count). The van der Waals surface area contributed by atoms with Crippen molar-refractivity contribution in [1.82, 2.24) is 10.2 Å². The van der Waals surface area contributed by atoms with Crippen LogP contribution < -0.4 is 14.8 Å². The van der Waals surface area contributed by atoms with Crippen molar-refractivity contribution >= 4 is 11.8 Å². The molecule has 0 radical (unpaired) electrons. The molecule has 6 nitrogen and oxygen atoms in total. The molecule has 1 N–H and O–H groups in total. The third-order valence-electron chi connectivity index (χ3n) is 5.54. The molecule has 0 aliphatic carbocycles. The first-order valence-electron chi connectivity index (χ1n) is 10.4. The van der Waals surface area contributed by atoms with E-state index >= 15 is 0 Å². The number of amides is 2. The van der Waals surface area contributed by atoms with Crippen LogP contribution in [-0.4, -0.2) is 50.1 Å². The van der Waals surface area contributed by atoms with Gasteiger partial charge in [-0.15, -0.1) is 0 Å². The molecule has 1 aliphatic heterocycles. The van der Waals surface area contributed by atoms with E-state index in [2.05, 4.69) is 30.4 Å². The quantitative estimate of drug-likeness (QED) is 0.760. The molecule has 30 heavy (non-hydrogen) atoms. The molecule has 160 valence electrons. The standard InChI is InChI=1S/C24H30N2O4/c1-17-5-4-6-18(15-17)7-10-23(27)26-13-11-20(12-14-26)25-24(28)19-8-9-21(29-2)22(16-19)30-3/h4-6,8-9,15-16,20H,7,10-14H2,1-3H3,(H,25,28). The van der Waals surface area contributed by atoms with E-state index in [4.69, 9.17) is 9.47 Å². The Kier molecular flexibility index (Phi) is 7.33. The minimum absolute atomic E-state index is 0.0615. The number of benzene rings is 2. The van der Waals surface area contributed by atoms with E-state index in [-0.39, 0.29) is 17.9 Å². The van der Waals surface area contributed by atoms with Crippen LogP contribution in [0.5, 0.6) is 11.5 Å². The predicted octanol–water partition coefficient (Wildman–Crippen LogP) is 3.37. The number of hydrogen-bond acceptors (Lipinski definition) is 4. The number of carbonyl (C=O) groups excluding carboxylic acids is 2. The van der Waals surface area contributed by atoms with E-state index in [9.17, 15) is 9.59 Å². The SMILES string of the molecule is COc1ccc(C(=O)NC2CCN(C(=O)CCc3cccc(C)c3)CC2)cc1OC. The average Bonchev–Trinajstić information content (AvgIpc) is 2.77. The van der Waals surface area contributed by atoms with Gasteiger partial charge in [-0.3, -0.25) is 9.59 Å². The topological polar surface area (TPSA) is 67.9 Å². The molecule has 1 heterocycles. The van der Waals surface area contributed by atoms with Gasteiger partial charge in [-0.25, -0.2) is 0 Å². The summed E-state index contributed by atoms with van der Waals surface area (Å²) in [4.78, 5) is 27.1. The van der Waals surface area contributed by atoms with Gasteiger partial charge in [0.25, 0.3) is 5.91 Å². The van der Waals surface area contributed by atoms with Crippen LogP contribution in [0.3, 0.4) is 0 Å². The van der Waals surface area contributed by atoms with E-state index in [0.29, 0.717) is 36.6 Å². The van der Waals surface area contributed by atoms with Crippen LogP contribution in [0.1, 0.15) is 40.7 Å². The Morgan fingerprint density at radius 2 is 1.77 bits per heavy atom. The molecular weight excluding hydrogens is 380 g/mol. The number of methoxy groups -OCH3 is 2. The number of piperidine rings is 1. The first kappa shape index (κ1) is 21.7. The Morgan fingerprint density at radius 1 is 1.03 bits per heavy atom. The predicted molar refractivity (Wildman–Crippen MR) is 116 cm³/mol. The summed E-state index contributed by atoms with van der Waals surface area (Å²) >= 11 is 0. The highest BCUT2D eigenvalue weighted by molar-refractivity contribution is 5.95. The number of carbonyl (C=O) groups is 2. The molecule has 1 aliphatic rings. The van der Waals surface area contributed by atoms with Crippen LogP contribution >= 0.6 is 0 Å². The van der Waals surface area contributed by atoms with Crippen LogP contribution in [0.25, 0.3) is 0 Å². The molecule has 2 aromatic carbocycles. The van der Waals surface area contributed by atoms with Crippen LogP contribution in [0.15, 0.2) is 42.5 Å². The molecule has 6 heteroatoms. The highest BCUT2D eigenvalue weighted by atomic mass is 16.5. The van der Waals surface area contributed by atoms with Gasteiger partial charge in [0.2, 0.25) is 5.91 Å². The minimum atomic E-state index is -0.139. The van der Waals surface area contributed by atoms with E-state index in [1.807, 2.05) is 11.0 Å². The third-order valence-corrected chi connectivity index (χ3v) is 5.54. The molecule has 0 bridgehead atoms. The molecule has 1 saturated heterocycles. The van der Waals surface area contributed by atoms with Crippen LogP contribution in [0.4, 0.5) is 0 Å². The zero-order valence-electron chi connectivity index (χ0n) is 17.9. The Hall–Kier alpha value is -3.02. The molecule has 1 fully saturated rings. The first-order chi connectivity index (χ1) is 14.5. The lowest BCUT2D eigenvalue weighted by Crippen LogP contribution is -2.46. The van der Waals surface area contributed by atoms with Gasteiger partial charge in [-0.2, -0.15) is 0 Å². The van der Waals surface area contributed by atoms with Gasteiger partial charge in [-0.1, -0.05) is 29.8 Å². The van der Waals surface area contributed by atoms with Crippen molar-refractivity contribution in [2.75, 3.05) is 27.3 Å². The van der Waals surface area contributed by atoms with Crippen LogP contribution in [0, 0.1) is 6.92 Å². The second-order valence-corrected chi connectivity index (χ2v) is 7.69. The Bertz CT molecular complexity index is 889. The fourth-order valence-electron chi connectivity index (χ4n) is 3.80. The highest BCUT2D eigenvalue weighted by Crippen LogP contribution is 2.27. The van der Waals surface area contributed by atoms with Crippen molar-refractivity contribution < 1.29 is 19.1 Å². The van der Waals surface area contributed by atoms with E-state index in [1.54, 1.807) is 32.4 Å². The van der Waals surface area contributed by atoms with Crippen LogP contribution in [-0.2, 0) is 11.2 Å². The van der Waals surface area contributed by atoms with Crippen molar-refractivity contribution in [3.8, 4) is 11.5 Å². The van der Waals surface area contributed by atoms with Gasteiger partial charge in [0.1, 0.15) is 0 Å². The summed E-state index contributed by atoms with van der Waals surface area (Å²) in [5.74, 6) is 1.16. The molecule has 0 atom stereocenters. The largest absolute Gasteiger partial charge is 0.493 e. The fraction of sp³-hybridized carbons (Fsp3) is 0.417. The summed E-state index contributed by atoms with van der Waals surface area (Å²) in [5.41, 5.74) is 2.94. The molecule has 0 unspecified atom stereocenters. The summed E-state index contributed by atoms with van der Waals surface area (Å²) in [6.07, 6.45) is 2.80. The zero-order valence-corrected chi connectivity index (χ0v) is 17.9. The van der Waals surface area contributed by atoms with Gasteiger partial charge >= 0.3 is 0 Å². The lowest BCUT2D eigenvalue weighted by Gasteiger charge is -2.32. The van der Waals surface area contributed by atoms with Gasteiger partial charge in [0.15, 0.2) is 11.5 Å². The van der Waals surface area contributed by atoms with Crippen molar-refractivity contribution in [2.24, 2.45) is 0 Å². The molecule has 0 aromatic heterocycles. The first-order valence-corrected chi connectivity index (χ1v) is 10.4. The molecular formula is C24H30N2O4.